The van der Waals surface area contributed by atoms with E-state index in [9.17, 15) is 17.6 Å². The Balaban J connectivity index is 1.42. The Bertz CT molecular complexity index is 1240. The standard InChI is InChI=1S/C24H23ClFN3O3S/c25-22-12-5-18(15-23(22)28-33(31,32)21-10-6-19(26)7-11-21)24(30)27-16-17-3-8-20(9-4-17)29-13-1-2-14-29/h3-12,15,28H,1-2,13-14,16H2,(H,27,30). The number of nitrogens with one attached hydrogen (secondary N) is 2. The lowest BCUT2D eigenvalue weighted by atomic mass is 10.1. The normalized spacial score (nSPS) is 13.7. The molecule has 0 aliphatic carbocycles. The van der Waals surface area contributed by atoms with Crippen molar-refractivity contribution in [1.82, 2.24) is 5.32 Å². The largest absolute Gasteiger partial charge is 0.372 e. The molecule has 3 aromatic rings. The highest BCUT2D eigenvalue weighted by Crippen LogP contribution is 2.26. The highest BCUT2D eigenvalue weighted by atomic mass is 35.5. The summed E-state index contributed by atoms with van der Waals surface area (Å²) in [5.74, 6) is -0.908. The molecule has 1 aliphatic rings. The molecule has 0 unspecified atom stereocenters. The number of sulfonamides is 1. The molecule has 0 bridgehead atoms. The van der Waals surface area contributed by atoms with Gasteiger partial charge in [-0.25, -0.2) is 12.8 Å². The monoisotopic (exact) mass is 487 g/mol. The van der Waals surface area contributed by atoms with Gasteiger partial charge in [0.25, 0.3) is 15.9 Å². The number of halogens is 2. The van der Waals surface area contributed by atoms with Gasteiger partial charge in [0.2, 0.25) is 0 Å². The van der Waals surface area contributed by atoms with Crippen molar-refractivity contribution in [3.8, 4) is 0 Å². The van der Waals surface area contributed by atoms with E-state index in [-0.39, 0.29) is 27.1 Å². The first-order valence-electron chi connectivity index (χ1n) is 10.5. The van der Waals surface area contributed by atoms with Crippen molar-refractivity contribution in [3.05, 3.63) is 88.7 Å². The second kappa shape index (κ2) is 9.80. The van der Waals surface area contributed by atoms with E-state index in [1.165, 1.54) is 36.7 Å². The third-order valence-electron chi connectivity index (χ3n) is 5.46. The van der Waals surface area contributed by atoms with Crippen molar-refractivity contribution >= 4 is 38.9 Å². The number of rotatable bonds is 7. The minimum absolute atomic E-state index is 0.0589. The van der Waals surface area contributed by atoms with E-state index in [0.717, 1.165) is 42.9 Å². The summed E-state index contributed by atoms with van der Waals surface area (Å²) >= 11 is 6.14. The number of carbonyl (C=O) groups excluding carboxylic acids is 1. The van der Waals surface area contributed by atoms with Gasteiger partial charge in [-0.1, -0.05) is 23.7 Å². The molecule has 1 fully saturated rings. The summed E-state index contributed by atoms with van der Waals surface area (Å²) in [6.07, 6.45) is 2.42. The van der Waals surface area contributed by atoms with Crippen molar-refractivity contribution < 1.29 is 17.6 Å². The van der Waals surface area contributed by atoms with Gasteiger partial charge in [0.1, 0.15) is 5.82 Å². The summed E-state index contributed by atoms with van der Waals surface area (Å²) in [5, 5.41) is 2.97. The van der Waals surface area contributed by atoms with E-state index in [1.54, 1.807) is 0 Å². The zero-order valence-electron chi connectivity index (χ0n) is 17.7. The van der Waals surface area contributed by atoms with Gasteiger partial charge >= 0.3 is 0 Å². The predicted octanol–water partition coefficient (Wildman–Crippen LogP) is 4.81. The van der Waals surface area contributed by atoms with Gasteiger partial charge in [-0.05, 0) is 73.0 Å². The van der Waals surface area contributed by atoms with Crippen LogP contribution in [0.2, 0.25) is 5.02 Å². The van der Waals surface area contributed by atoms with Crippen LogP contribution in [-0.2, 0) is 16.6 Å². The van der Waals surface area contributed by atoms with Crippen LogP contribution in [0.1, 0.15) is 28.8 Å². The van der Waals surface area contributed by atoms with Crippen LogP contribution in [0.5, 0.6) is 0 Å². The summed E-state index contributed by atoms with van der Waals surface area (Å²) in [7, 11) is -4.00. The molecule has 0 spiro atoms. The number of hydrogen-bond acceptors (Lipinski definition) is 4. The molecule has 0 atom stereocenters. The van der Waals surface area contributed by atoms with Crippen LogP contribution in [-0.4, -0.2) is 27.4 Å². The average molecular weight is 488 g/mol. The summed E-state index contributed by atoms with van der Waals surface area (Å²) < 4.78 is 40.6. The van der Waals surface area contributed by atoms with E-state index < -0.39 is 15.8 Å². The molecule has 3 aromatic carbocycles. The molecular weight excluding hydrogens is 465 g/mol. The zero-order chi connectivity index (χ0) is 23.4. The number of benzene rings is 3. The molecule has 1 saturated heterocycles. The maximum absolute atomic E-state index is 13.1. The lowest BCUT2D eigenvalue weighted by Gasteiger charge is -2.17. The van der Waals surface area contributed by atoms with Crippen LogP contribution in [0.3, 0.4) is 0 Å². The molecule has 9 heteroatoms. The Morgan fingerprint density at radius 3 is 2.30 bits per heavy atom. The predicted molar refractivity (Wildman–Crippen MR) is 128 cm³/mol. The van der Waals surface area contributed by atoms with Gasteiger partial charge in [-0.3, -0.25) is 9.52 Å². The zero-order valence-corrected chi connectivity index (χ0v) is 19.3. The van der Waals surface area contributed by atoms with Gasteiger partial charge in [-0.15, -0.1) is 0 Å². The van der Waals surface area contributed by atoms with Crippen molar-refractivity contribution in [2.24, 2.45) is 0 Å². The van der Waals surface area contributed by atoms with Gasteiger partial charge in [0.15, 0.2) is 0 Å². The van der Waals surface area contributed by atoms with Crippen LogP contribution < -0.4 is 14.9 Å². The Morgan fingerprint density at radius 2 is 1.64 bits per heavy atom. The second-order valence-corrected chi connectivity index (χ2v) is 9.89. The smallest absolute Gasteiger partial charge is 0.261 e. The molecule has 1 amide bonds. The van der Waals surface area contributed by atoms with Gasteiger partial charge in [-0.2, -0.15) is 0 Å². The summed E-state index contributed by atoms with van der Waals surface area (Å²) in [6.45, 7) is 2.47. The van der Waals surface area contributed by atoms with Crippen LogP contribution in [0.15, 0.2) is 71.6 Å². The van der Waals surface area contributed by atoms with E-state index in [0.29, 0.717) is 6.54 Å². The molecule has 6 nitrogen and oxygen atoms in total. The maximum Gasteiger partial charge on any atom is 0.261 e. The van der Waals surface area contributed by atoms with Crippen molar-refractivity contribution in [2.75, 3.05) is 22.7 Å². The van der Waals surface area contributed by atoms with Crippen molar-refractivity contribution in [2.45, 2.75) is 24.3 Å². The lowest BCUT2D eigenvalue weighted by molar-refractivity contribution is 0.0951. The van der Waals surface area contributed by atoms with E-state index in [4.69, 9.17) is 11.6 Å². The first-order chi connectivity index (χ1) is 15.8. The Morgan fingerprint density at radius 1 is 0.970 bits per heavy atom. The van der Waals surface area contributed by atoms with Crippen molar-refractivity contribution in [3.63, 3.8) is 0 Å². The molecular formula is C24H23ClFN3O3S. The Hall–Kier alpha value is -3.10. The minimum atomic E-state index is -4.00. The first kappa shape index (κ1) is 23.1. The Labute approximate surface area is 197 Å². The van der Waals surface area contributed by atoms with Gasteiger partial charge < -0.3 is 10.2 Å². The molecule has 1 heterocycles. The summed E-state index contributed by atoms with van der Waals surface area (Å²) in [5.41, 5.74) is 2.45. The van der Waals surface area contributed by atoms with Crippen LogP contribution in [0.25, 0.3) is 0 Å². The van der Waals surface area contributed by atoms with E-state index in [2.05, 4.69) is 27.1 Å². The van der Waals surface area contributed by atoms with Crippen LogP contribution in [0, 0.1) is 5.82 Å². The number of amides is 1. The second-order valence-electron chi connectivity index (χ2n) is 7.80. The lowest BCUT2D eigenvalue weighted by Crippen LogP contribution is -2.23. The highest BCUT2D eigenvalue weighted by molar-refractivity contribution is 7.92. The topological polar surface area (TPSA) is 78.5 Å². The molecule has 172 valence electrons. The number of anilines is 2. The molecule has 33 heavy (non-hydrogen) atoms. The third-order valence-corrected chi connectivity index (χ3v) is 7.17. The van der Waals surface area contributed by atoms with Gasteiger partial charge in [0.05, 0.1) is 15.6 Å². The molecule has 0 saturated carbocycles. The summed E-state index contributed by atoms with van der Waals surface area (Å²) in [6, 6.07) is 16.8. The number of carbonyl (C=O) groups is 1. The van der Waals surface area contributed by atoms with Crippen LogP contribution in [0.4, 0.5) is 15.8 Å². The molecule has 0 aromatic heterocycles. The fraction of sp³-hybridized carbons (Fsp3) is 0.208. The first-order valence-corrected chi connectivity index (χ1v) is 12.4. The maximum atomic E-state index is 13.1. The third kappa shape index (κ3) is 5.64. The molecule has 2 N–H and O–H groups in total. The molecule has 4 rings (SSSR count). The number of hydrogen-bond donors (Lipinski definition) is 2. The van der Waals surface area contributed by atoms with E-state index in [1.807, 2.05) is 12.1 Å². The summed E-state index contributed by atoms with van der Waals surface area (Å²) in [4.78, 5) is 14.9. The number of nitrogens with zero attached hydrogens (tertiary/aromatic N) is 1. The fourth-order valence-corrected chi connectivity index (χ4v) is 4.94. The Kier molecular flexibility index (Phi) is 6.85. The van der Waals surface area contributed by atoms with Crippen molar-refractivity contribution in [1.29, 1.82) is 0 Å². The van der Waals surface area contributed by atoms with Gasteiger partial charge in [0, 0.05) is 30.9 Å². The van der Waals surface area contributed by atoms with E-state index >= 15 is 0 Å². The molecule has 1 aliphatic heterocycles. The van der Waals surface area contributed by atoms with Crippen LogP contribution >= 0.6 is 11.6 Å². The average Bonchev–Trinajstić information content (AvgIpc) is 3.34. The quantitative estimate of drug-likeness (QED) is 0.501. The SMILES string of the molecule is O=C(NCc1ccc(N2CCCC2)cc1)c1ccc(Cl)c(NS(=O)(=O)c2ccc(F)cc2)c1. The fourth-order valence-electron chi connectivity index (χ4n) is 3.65. The highest BCUT2D eigenvalue weighted by Gasteiger charge is 2.18. The minimum Gasteiger partial charge on any atom is -0.372 e. The molecule has 0 radical (unpaired) electrons.